The fraction of sp³-hybridized carbons (Fsp3) is 0.778. The van der Waals surface area contributed by atoms with Gasteiger partial charge in [-0.1, -0.05) is 0 Å². The highest BCUT2D eigenvalue weighted by atomic mass is 32.1. The lowest BCUT2D eigenvalue weighted by molar-refractivity contribution is 0.424. The van der Waals surface area contributed by atoms with Crippen LogP contribution in [0.3, 0.4) is 0 Å². The molecule has 5 heteroatoms. The zero-order valence-electron chi connectivity index (χ0n) is 8.82. The van der Waals surface area contributed by atoms with Crippen LogP contribution in [-0.2, 0) is 0 Å². The maximum Gasteiger partial charge on any atom is 0.205 e. The van der Waals surface area contributed by atoms with Crippen LogP contribution in [0, 0.1) is 6.92 Å². The fourth-order valence-electron chi connectivity index (χ4n) is 1.69. The predicted molar refractivity (Wildman–Crippen MR) is 58.9 cm³/mol. The zero-order valence-corrected chi connectivity index (χ0v) is 9.64. The Kier molecular flexibility index (Phi) is 2.69. The lowest BCUT2D eigenvalue weighted by Crippen LogP contribution is -2.54. The van der Waals surface area contributed by atoms with Gasteiger partial charge < -0.3 is 10.2 Å². The Morgan fingerprint density at radius 2 is 2.29 bits per heavy atom. The summed E-state index contributed by atoms with van der Waals surface area (Å²) in [7, 11) is 0. The molecule has 1 aromatic rings. The molecule has 14 heavy (non-hydrogen) atoms. The predicted octanol–water partition coefficient (Wildman–Crippen LogP) is 1.03. The minimum absolute atomic E-state index is 0.513. The highest BCUT2D eigenvalue weighted by Crippen LogP contribution is 2.21. The summed E-state index contributed by atoms with van der Waals surface area (Å²) in [6, 6.07) is 1.05. The summed E-state index contributed by atoms with van der Waals surface area (Å²) in [6.07, 6.45) is 0. The maximum atomic E-state index is 4.42. The van der Waals surface area contributed by atoms with Crippen LogP contribution in [0.1, 0.15) is 19.7 Å². The summed E-state index contributed by atoms with van der Waals surface area (Å²) in [5.74, 6) is 0.878. The molecule has 0 bridgehead atoms. The van der Waals surface area contributed by atoms with E-state index in [-0.39, 0.29) is 0 Å². The monoisotopic (exact) mass is 212 g/mol. The summed E-state index contributed by atoms with van der Waals surface area (Å²) in [4.78, 5) is 6.76. The number of rotatable bonds is 1. The Morgan fingerprint density at radius 1 is 1.50 bits per heavy atom. The number of aromatic nitrogens is 2. The van der Waals surface area contributed by atoms with Crippen LogP contribution >= 0.6 is 11.5 Å². The third-order valence-corrected chi connectivity index (χ3v) is 3.37. The Labute approximate surface area is 88.5 Å². The minimum atomic E-state index is 0.513. The third-order valence-electron chi connectivity index (χ3n) is 2.53. The molecule has 1 aromatic heterocycles. The quantitative estimate of drug-likeness (QED) is 0.755. The van der Waals surface area contributed by atoms with Gasteiger partial charge in [-0.15, -0.1) is 0 Å². The molecule has 1 aliphatic rings. The van der Waals surface area contributed by atoms with E-state index in [1.165, 1.54) is 11.5 Å². The first kappa shape index (κ1) is 9.86. The van der Waals surface area contributed by atoms with E-state index < -0.39 is 0 Å². The van der Waals surface area contributed by atoms with Gasteiger partial charge in [0.2, 0.25) is 5.13 Å². The summed E-state index contributed by atoms with van der Waals surface area (Å²) in [5, 5.41) is 4.51. The molecule has 0 radical (unpaired) electrons. The van der Waals surface area contributed by atoms with Gasteiger partial charge in [0.25, 0.3) is 0 Å². The van der Waals surface area contributed by atoms with E-state index in [9.17, 15) is 0 Å². The fourth-order valence-corrected chi connectivity index (χ4v) is 2.48. The molecule has 2 atom stereocenters. The van der Waals surface area contributed by atoms with Gasteiger partial charge >= 0.3 is 0 Å². The second kappa shape index (κ2) is 3.82. The zero-order chi connectivity index (χ0) is 10.1. The molecule has 1 N–H and O–H groups in total. The van der Waals surface area contributed by atoms with Crippen molar-refractivity contribution in [2.24, 2.45) is 0 Å². The van der Waals surface area contributed by atoms with Gasteiger partial charge in [-0.3, -0.25) is 0 Å². The van der Waals surface area contributed by atoms with Gasteiger partial charge in [0.1, 0.15) is 5.82 Å². The second-order valence-electron chi connectivity index (χ2n) is 3.93. The van der Waals surface area contributed by atoms with E-state index in [1.807, 2.05) is 6.92 Å². The largest absolute Gasteiger partial charge is 0.341 e. The lowest BCUT2D eigenvalue weighted by Gasteiger charge is -2.37. The van der Waals surface area contributed by atoms with E-state index >= 15 is 0 Å². The van der Waals surface area contributed by atoms with Crippen molar-refractivity contribution in [2.45, 2.75) is 32.9 Å². The van der Waals surface area contributed by atoms with E-state index in [0.717, 1.165) is 24.0 Å². The van der Waals surface area contributed by atoms with Crippen LogP contribution in [0.5, 0.6) is 0 Å². The Hall–Kier alpha value is -0.680. The molecule has 0 spiro atoms. The van der Waals surface area contributed by atoms with Crippen LogP contribution in [0.25, 0.3) is 0 Å². The molecule has 0 aliphatic carbocycles. The molecule has 1 saturated heterocycles. The van der Waals surface area contributed by atoms with Crippen molar-refractivity contribution < 1.29 is 0 Å². The normalized spacial score (nSPS) is 28.1. The van der Waals surface area contributed by atoms with Crippen molar-refractivity contribution in [2.75, 3.05) is 18.0 Å². The van der Waals surface area contributed by atoms with Gasteiger partial charge in [-0.2, -0.15) is 4.37 Å². The van der Waals surface area contributed by atoms with Crippen molar-refractivity contribution in [1.29, 1.82) is 0 Å². The van der Waals surface area contributed by atoms with Gasteiger partial charge in [-0.25, -0.2) is 4.98 Å². The molecule has 2 heterocycles. The Morgan fingerprint density at radius 3 is 2.93 bits per heavy atom. The molecule has 1 fully saturated rings. The van der Waals surface area contributed by atoms with Crippen molar-refractivity contribution in [3.8, 4) is 0 Å². The topological polar surface area (TPSA) is 41.1 Å². The number of nitrogens with zero attached hydrogens (tertiary/aromatic N) is 3. The highest BCUT2D eigenvalue weighted by molar-refractivity contribution is 7.09. The first-order chi connectivity index (χ1) is 6.66. The Balaban J connectivity index is 2.15. The molecule has 2 rings (SSSR count). The first-order valence-electron chi connectivity index (χ1n) is 4.97. The summed E-state index contributed by atoms with van der Waals surface area (Å²) in [6.45, 7) is 8.41. The maximum absolute atomic E-state index is 4.42. The number of hydrogen-bond donors (Lipinski definition) is 1. The molecule has 0 saturated carbocycles. The highest BCUT2D eigenvalue weighted by Gasteiger charge is 2.24. The van der Waals surface area contributed by atoms with Crippen LogP contribution < -0.4 is 10.2 Å². The van der Waals surface area contributed by atoms with Crippen molar-refractivity contribution in [3.63, 3.8) is 0 Å². The summed E-state index contributed by atoms with van der Waals surface area (Å²) >= 11 is 1.50. The molecule has 0 amide bonds. The summed E-state index contributed by atoms with van der Waals surface area (Å²) < 4.78 is 4.22. The number of hydrogen-bond acceptors (Lipinski definition) is 5. The van der Waals surface area contributed by atoms with Crippen LogP contribution in [0.15, 0.2) is 0 Å². The smallest absolute Gasteiger partial charge is 0.205 e. The molecule has 78 valence electrons. The summed E-state index contributed by atoms with van der Waals surface area (Å²) in [5.41, 5.74) is 0. The lowest BCUT2D eigenvalue weighted by atomic mass is 10.1. The number of nitrogens with one attached hydrogen (secondary N) is 1. The van der Waals surface area contributed by atoms with E-state index in [1.54, 1.807) is 0 Å². The third kappa shape index (κ3) is 1.88. The van der Waals surface area contributed by atoms with Crippen LogP contribution in [-0.4, -0.2) is 34.5 Å². The van der Waals surface area contributed by atoms with Crippen molar-refractivity contribution in [1.82, 2.24) is 14.7 Å². The van der Waals surface area contributed by atoms with Crippen molar-refractivity contribution in [3.05, 3.63) is 5.82 Å². The number of anilines is 1. The molecular formula is C9H16N4S. The van der Waals surface area contributed by atoms with Gasteiger partial charge in [0.05, 0.1) is 0 Å². The molecular weight excluding hydrogens is 196 g/mol. The molecule has 2 unspecified atom stereocenters. The van der Waals surface area contributed by atoms with Gasteiger partial charge in [0.15, 0.2) is 0 Å². The van der Waals surface area contributed by atoms with E-state index in [4.69, 9.17) is 0 Å². The molecule has 1 aliphatic heterocycles. The average molecular weight is 212 g/mol. The average Bonchev–Trinajstić information content (AvgIpc) is 2.56. The van der Waals surface area contributed by atoms with Crippen LogP contribution in [0.4, 0.5) is 5.13 Å². The van der Waals surface area contributed by atoms with Gasteiger partial charge in [-0.05, 0) is 20.8 Å². The minimum Gasteiger partial charge on any atom is -0.341 e. The molecule has 4 nitrogen and oxygen atoms in total. The number of aryl methyl sites for hydroxylation is 1. The number of piperazine rings is 1. The first-order valence-corrected chi connectivity index (χ1v) is 5.74. The second-order valence-corrected chi connectivity index (χ2v) is 4.67. The SMILES string of the molecule is Cc1nsc(N2CC(C)NCC2C)n1. The Bertz CT molecular complexity index is 312. The van der Waals surface area contributed by atoms with E-state index in [0.29, 0.717) is 12.1 Å². The molecule has 0 aromatic carbocycles. The van der Waals surface area contributed by atoms with Crippen LogP contribution in [0.2, 0.25) is 0 Å². The van der Waals surface area contributed by atoms with Gasteiger partial charge in [0, 0.05) is 36.7 Å². The van der Waals surface area contributed by atoms with Crippen molar-refractivity contribution >= 4 is 16.7 Å². The van der Waals surface area contributed by atoms with E-state index in [2.05, 4.69) is 33.4 Å². The standard InChI is InChI=1S/C9H16N4S/c1-6-5-13(7(2)4-10-6)9-11-8(3)12-14-9/h6-7,10H,4-5H2,1-3H3.